The van der Waals surface area contributed by atoms with Crippen molar-refractivity contribution >= 4 is 11.8 Å². The monoisotopic (exact) mass is 432 g/mol. The zero-order valence-corrected chi connectivity index (χ0v) is 19.4. The standard InChI is InChI=1S/C25H36O6/c1-13-15-9-16-19-24(12-29-16)8-6-7-23(5,11-28-14(2)26)17(24)10-18-25(19,20(13)27)21(15)31-22(3,4)30-18/h13,15-19,21H,6-12H2,1-5H3. The van der Waals surface area contributed by atoms with E-state index in [1.807, 2.05) is 13.8 Å². The van der Waals surface area contributed by atoms with Gasteiger partial charge in [-0.3, -0.25) is 9.59 Å². The molecule has 10 atom stereocenters. The van der Waals surface area contributed by atoms with Gasteiger partial charge in [-0.25, -0.2) is 0 Å². The van der Waals surface area contributed by atoms with E-state index in [9.17, 15) is 9.59 Å². The fourth-order valence-corrected chi connectivity index (χ4v) is 9.40. The number of ketones is 1. The molecule has 2 aliphatic heterocycles. The molecule has 6 heteroatoms. The molecule has 2 spiro atoms. The highest BCUT2D eigenvalue weighted by Gasteiger charge is 2.82. The number of rotatable bonds is 2. The van der Waals surface area contributed by atoms with Crippen molar-refractivity contribution in [1.29, 1.82) is 0 Å². The second-order valence-electron chi connectivity index (χ2n) is 12.2. The summed E-state index contributed by atoms with van der Waals surface area (Å²) in [5.41, 5.74) is -0.782. The van der Waals surface area contributed by atoms with E-state index in [2.05, 4.69) is 13.8 Å². The minimum absolute atomic E-state index is 0.0104. The summed E-state index contributed by atoms with van der Waals surface area (Å²) in [7, 11) is 0. The molecule has 2 heterocycles. The summed E-state index contributed by atoms with van der Waals surface area (Å²) in [4.78, 5) is 25.7. The second-order valence-corrected chi connectivity index (χ2v) is 12.2. The van der Waals surface area contributed by atoms with Crippen LogP contribution in [0.4, 0.5) is 0 Å². The average Bonchev–Trinajstić information content (AvgIpc) is 3.12. The van der Waals surface area contributed by atoms with Crippen LogP contribution in [-0.2, 0) is 28.5 Å². The van der Waals surface area contributed by atoms with Crippen molar-refractivity contribution in [3.8, 4) is 0 Å². The molecule has 2 bridgehead atoms. The van der Waals surface area contributed by atoms with Crippen molar-refractivity contribution in [2.75, 3.05) is 13.2 Å². The molecule has 0 aromatic rings. The molecule has 0 aromatic carbocycles. The Morgan fingerprint density at radius 2 is 1.94 bits per heavy atom. The molecule has 6 aliphatic rings. The van der Waals surface area contributed by atoms with Crippen LogP contribution in [0, 0.1) is 39.9 Å². The Morgan fingerprint density at radius 3 is 2.68 bits per heavy atom. The van der Waals surface area contributed by atoms with Gasteiger partial charge >= 0.3 is 5.97 Å². The molecule has 4 saturated carbocycles. The van der Waals surface area contributed by atoms with E-state index >= 15 is 0 Å². The highest BCUT2D eigenvalue weighted by atomic mass is 16.7. The predicted octanol–water partition coefficient (Wildman–Crippen LogP) is 3.51. The molecule has 31 heavy (non-hydrogen) atoms. The van der Waals surface area contributed by atoms with Crippen molar-refractivity contribution in [2.45, 2.75) is 90.8 Å². The minimum Gasteiger partial charge on any atom is -0.465 e. The zero-order chi connectivity index (χ0) is 22.0. The topological polar surface area (TPSA) is 71.1 Å². The summed E-state index contributed by atoms with van der Waals surface area (Å²) >= 11 is 0. The number of hydrogen-bond donors (Lipinski definition) is 0. The molecule has 6 nitrogen and oxygen atoms in total. The van der Waals surface area contributed by atoms with Crippen molar-refractivity contribution in [2.24, 2.45) is 39.9 Å². The van der Waals surface area contributed by atoms with E-state index in [0.717, 1.165) is 32.1 Å². The van der Waals surface area contributed by atoms with Gasteiger partial charge in [-0.05, 0) is 51.4 Å². The Labute approximate surface area is 184 Å². The maximum Gasteiger partial charge on any atom is 0.302 e. The third-order valence-corrected chi connectivity index (χ3v) is 10.3. The summed E-state index contributed by atoms with van der Waals surface area (Å²) in [5, 5.41) is 0. The number of ether oxygens (including phenoxy) is 4. The summed E-state index contributed by atoms with van der Waals surface area (Å²) in [6.45, 7) is 11.0. The van der Waals surface area contributed by atoms with E-state index < -0.39 is 11.2 Å². The first-order valence-corrected chi connectivity index (χ1v) is 12.2. The van der Waals surface area contributed by atoms with Gasteiger partial charge in [-0.2, -0.15) is 0 Å². The minimum atomic E-state index is -0.700. The number of carbonyl (C=O) groups excluding carboxylic acids is 2. The van der Waals surface area contributed by atoms with Crippen molar-refractivity contribution < 1.29 is 28.5 Å². The molecule has 0 aromatic heterocycles. The Kier molecular flexibility index (Phi) is 4.07. The van der Waals surface area contributed by atoms with Crippen LogP contribution in [0.5, 0.6) is 0 Å². The molecular weight excluding hydrogens is 396 g/mol. The Balaban J connectivity index is 1.50. The summed E-state index contributed by atoms with van der Waals surface area (Å²) < 4.78 is 25.4. The number of carbonyl (C=O) groups is 2. The van der Waals surface area contributed by atoms with Crippen LogP contribution in [-0.4, -0.2) is 49.1 Å². The molecule has 10 unspecified atom stereocenters. The van der Waals surface area contributed by atoms with Gasteiger partial charge in [-0.15, -0.1) is 0 Å². The molecule has 6 rings (SSSR count). The zero-order valence-electron chi connectivity index (χ0n) is 19.4. The summed E-state index contributed by atoms with van der Waals surface area (Å²) in [6.07, 6.45) is 4.76. The van der Waals surface area contributed by atoms with Crippen LogP contribution in [0.2, 0.25) is 0 Å². The Hall–Kier alpha value is -0.980. The van der Waals surface area contributed by atoms with Gasteiger partial charge in [-0.1, -0.05) is 20.3 Å². The Morgan fingerprint density at radius 1 is 1.16 bits per heavy atom. The smallest absolute Gasteiger partial charge is 0.302 e. The maximum absolute atomic E-state index is 14.0. The average molecular weight is 433 g/mol. The van der Waals surface area contributed by atoms with Gasteiger partial charge < -0.3 is 18.9 Å². The predicted molar refractivity (Wildman–Crippen MR) is 111 cm³/mol. The largest absolute Gasteiger partial charge is 0.465 e. The van der Waals surface area contributed by atoms with Crippen molar-refractivity contribution in [1.82, 2.24) is 0 Å². The van der Waals surface area contributed by atoms with E-state index in [0.29, 0.717) is 24.9 Å². The molecular formula is C25H36O6. The van der Waals surface area contributed by atoms with Gasteiger partial charge in [0.2, 0.25) is 0 Å². The second kappa shape index (κ2) is 6.12. The lowest BCUT2D eigenvalue weighted by Gasteiger charge is -2.67. The Bertz CT molecular complexity index is 838. The molecule has 4 aliphatic carbocycles. The number of esters is 1. The van der Waals surface area contributed by atoms with Gasteiger partial charge in [0.05, 0.1) is 36.9 Å². The highest BCUT2D eigenvalue weighted by molar-refractivity contribution is 5.92. The summed E-state index contributed by atoms with van der Waals surface area (Å²) in [6, 6.07) is 0. The SMILES string of the molecule is CC(=O)OCC1(C)CCCC23COC4CC5C(C)C(=O)C6(C(CC12)OC(C)(C)OC56)C43. The van der Waals surface area contributed by atoms with Crippen LogP contribution >= 0.6 is 0 Å². The lowest BCUT2D eigenvalue weighted by atomic mass is 9.39. The highest BCUT2D eigenvalue weighted by Crippen LogP contribution is 2.76. The molecule has 6 fully saturated rings. The van der Waals surface area contributed by atoms with E-state index in [4.69, 9.17) is 18.9 Å². The van der Waals surface area contributed by atoms with Crippen LogP contribution < -0.4 is 0 Å². The first kappa shape index (κ1) is 20.6. The van der Waals surface area contributed by atoms with Crippen LogP contribution in [0.25, 0.3) is 0 Å². The fraction of sp³-hybridized carbons (Fsp3) is 0.920. The van der Waals surface area contributed by atoms with Gasteiger partial charge in [0.1, 0.15) is 5.78 Å². The molecule has 172 valence electrons. The van der Waals surface area contributed by atoms with E-state index in [-0.39, 0.29) is 52.9 Å². The summed E-state index contributed by atoms with van der Waals surface area (Å²) in [5.74, 6) is 0.0628. The quantitative estimate of drug-likeness (QED) is 0.622. The van der Waals surface area contributed by atoms with Gasteiger partial charge in [0.25, 0.3) is 0 Å². The lowest BCUT2D eigenvalue weighted by molar-refractivity contribution is -0.380. The fourth-order valence-electron chi connectivity index (χ4n) is 9.40. The molecule has 0 amide bonds. The van der Waals surface area contributed by atoms with Crippen LogP contribution in [0.1, 0.15) is 66.7 Å². The van der Waals surface area contributed by atoms with E-state index in [1.165, 1.54) is 6.92 Å². The van der Waals surface area contributed by atoms with E-state index in [1.54, 1.807) is 0 Å². The molecule has 2 saturated heterocycles. The third kappa shape index (κ3) is 2.35. The van der Waals surface area contributed by atoms with Crippen LogP contribution in [0.15, 0.2) is 0 Å². The lowest BCUT2D eigenvalue weighted by Crippen LogP contribution is -2.73. The van der Waals surface area contributed by atoms with Crippen molar-refractivity contribution in [3.63, 3.8) is 0 Å². The first-order chi connectivity index (χ1) is 14.6. The van der Waals surface area contributed by atoms with Crippen LogP contribution in [0.3, 0.4) is 0 Å². The first-order valence-electron chi connectivity index (χ1n) is 12.2. The normalized spacial score (nSPS) is 56.0. The molecule has 0 radical (unpaired) electrons. The van der Waals surface area contributed by atoms with Gasteiger partial charge in [0.15, 0.2) is 5.79 Å². The number of Topliss-reactive ketones (excluding diaryl/α,β-unsaturated/α-hetero) is 1. The third-order valence-electron chi connectivity index (χ3n) is 10.3. The molecule has 0 N–H and O–H groups in total. The number of hydrogen-bond acceptors (Lipinski definition) is 6. The van der Waals surface area contributed by atoms with Crippen molar-refractivity contribution in [3.05, 3.63) is 0 Å². The van der Waals surface area contributed by atoms with Gasteiger partial charge in [0, 0.05) is 29.6 Å². The maximum atomic E-state index is 14.0.